The zero-order valence-corrected chi connectivity index (χ0v) is 15.5. The zero-order chi connectivity index (χ0) is 18.4. The first-order valence-corrected chi connectivity index (χ1v) is 9.71. The number of carbonyl (C=O) groups is 1. The Hall–Kier alpha value is -2.47. The summed E-state index contributed by atoms with van der Waals surface area (Å²) in [6.45, 7) is 3.00. The van der Waals surface area contributed by atoms with Crippen LogP contribution in [-0.2, 0) is 0 Å². The Morgan fingerprint density at radius 2 is 2.04 bits per heavy atom. The third kappa shape index (κ3) is 2.70. The Kier molecular flexibility index (Phi) is 4.08. The van der Waals surface area contributed by atoms with E-state index in [0.29, 0.717) is 23.6 Å². The first-order valence-electron chi connectivity index (χ1n) is 9.71. The highest BCUT2D eigenvalue weighted by Crippen LogP contribution is 2.47. The average molecular weight is 364 g/mol. The van der Waals surface area contributed by atoms with Gasteiger partial charge in [-0.05, 0) is 49.5 Å². The van der Waals surface area contributed by atoms with Crippen molar-refractivity contribution in [1.82, 2.24) is 19.8 Å². The van der Waals surface area contributed by atoms with Gasteiger partial charge in [-0.1, -0.05) is 12.1 Å². The van der Waals surface area contributed by atoms with Crippen molar-refractivity contribution in [2.45, 2.75) is 30.8 Å². The molecule has 4 aliphatic rings. The highest BCUT2D eigenvalue weighted by molar-refractivity contribution is 5.92. The van der Waals surface area contributed by atoms with Gasteiger partial charge in [0.2, 0.25) is 0 Å². The summed E-state index contributed by atoms with van der Waals surface area (Å²) in [5, 5.41) is 0. The van der Waals surface area contributed by atoms with E-state index in [2.05, 4.69) is 31.9 Å². The van der Waals surface area contributed by atoms with Crippen LogP contribution in [-0.4, -0.2) is 64.5 Å². The largest absolute Gasteiger partial charge is 0.497 e. The third-order valence-corrected chi connectivity index (χ3v) is 6.56. The molecule has 4 aliphatic heterocycles. The lowest BCUT2D eigenvalue weighted by Crippen LogP contribution is -2.60. The van der Waals surface area contributed by atoms with E-state index < -0.39 is 0 Å². The molecule has 0 spiro atoms. The van der Waals surface area contributed by atoms with Gasteiger partial charge >= 0.3 is 0 Å². The van der Waals surface area contributed by atoms with Gasteiger partial charge in [-0.3, -0.25) is 14.7 Å². The molecule has 0 unspecified atom stereocenters. The van der Waals surface area contributed by atoms with E-state index in [1.54, 1.807) is 25.7 Å². The van der Waals surface area contributed by atoms with Crippen LogP contribution in [0.2, 0.25) is 0 Å². The van der Waals surface area contributed by atoms with Gasteiger partial charge in [0.05, 0.1) is 19.3 Å². The molecule has 2 bridgehead atoms. The van der Waals surface area contributed by atoms with Crippen LogP contribution in [0.15, 0.2) is 42.9 Å². The maximum Gasteiger partial charge on any atom is 0.274 e. The number of amides is 1. The van der Waals surface area contributed by atoms with E-state index in [0.717, 1.165) is 25.4 Å². The molecule has 0 saturated carbocycles. The van der Waals surface area contributed by atoms with Crippen molar-refractivity contribution in [3.8, 4) is 5.75 Å². The second-order valence-electron chi connectivity index (χ2n) is 7.79. The summed E-state index contributed by atoms with van der Waals surface area (Å²) in [5.74, 6) is 1.76. The molecule has 6 heteroatoms. The van der Waals surface area contributed by atoms with Crippen LogP contribution in [0.4, 0.5) is 0 Å². The number of rotatable bonds is 3. The van der Waals surface area contributed by atoms with E-state index in [4.69, 9.17) is 4.74 Å². The van der Waals surface area contributed by atoms with Gasteiger partial charge in [0.15, 0.2) is 0 Å². The van der Waals surface area contributed by atoms with E-state index in [9.17, 15) is 4.79 Å². The second-order valence-corrected chi connectivity index (χ2v) is 7.79. The first kappa shape index (κ1) is 16.7. The molecule has 6 nitrogen and oxygen atoms in total. The van der Waals surface area contributed by atoms with Gasteiger partial charge in [-0.2, -0.15) is 0 Å². The monoisotopic (exact) mass is 364 g/mol. The molecule has 6 rings (SSSR count). The predicted molar refractivity (Wildman–Crippen MR) is 101 cm³/mol. The number of methoxy groups -OCH3 is 1. The fourth-order valence-corrected chi connectivity index (χ4v) is 5.38. The highest BCUT2D eigenvalue weighted by Gasteiger charge is 2.54. The van der Waals surface area contributed by atoms with Gasteiger partial charge in [-0.15, -0.1) is 0 Å². The van der Waals surface area contributed by atoms with Crippen LogP contribution in [0.5, 0.6) is 5.75 Å². The summed E-state index contributed by atoms with van der Waals surface area (Å²) < 4.78 is 5.44. The number of hydrogen-bond acceptors (Lipinski definition) is 5. The number of nitrogens with zero attached hydrogens (tertiary/aromatic N) is 4. The minimum atomic E-state index is 0.0113. The molecule has 1 amide bonds. The number of aromatic nitrogens is 2. The zero-order valence-electron chi connectivity index (χ0n) is 15.5. The lowest BCUT2D eigenvalue weighted by Gasteiger charge is -2.51. The molecule has 0 aliphatic carbocycles. The summed E-state index contributed by atoms with van der Waals surface area (Å²) in [4.78, 5) is 26.3. The van der Waals surface area contributed by atoms with Crippen LogP contribution in [0, 0.1) is 5.92 Å². The van der Waals surface area contributed by atoms with Gasteiger partial charge in [-0.25, -0.2) is 4.98 Å². The molecule has 0 radical (unpaired) electrons. The van der Waals surface area contributed by atoms with Crippen LogP contribution in [0.1, 0.15) is 34.8 Å². The molecular weight excluding hydrogens is 340 g/mol. The summed E-state index contributed by atoms with van der Waals surface area (Å²) in [6, 6.07) is 8.97. The Morgan fingerprint density at radius 3 is 2.78 bits per heavy atom. The maximum absolute atomic E-state index is 13.3. The second kappa shape index (κ2) is 6.60. The lowest BCUT2D eigenvalue weighted by molar-refractivity contribution is -0.00360. The summed E-state index contributed by atoms with van der Waals surface area (Å²) >= 11 is 0. The smallest absolute Gasteiger partial charge is 0.274 e. The van der Waals surface area contributed by atoms with Crippen molar-refractivity contribution >= 4 is 5.91 Å². The molecule has 27 heavy (non-hydrogen) atoms. The number of benzene rings is 1. The number of carbonyl (C=O) groups excluding carboxylic acids is 1. The Bertz CT molecular complexity index is 835. The summed E-state index contributed by atoms with van der Waals surface area (Å²) in [7, 11) is 1.70. The molecule has 0 N–H and O–H groups in total. The third-order valence-electron chi connectivity index (χ3n) is 6.56. The van der Waals surface area contributed by atoms with Crippen molar-refractivity contribution in [2.75, 3.05) is 26.7 Å². The van der Waals surface area contributed by atoms with Crippen LogP contribution >= 0.6 is 0 Å². The number of hydrogen-bond donors (Lipinski definition) is 0. The quantitative estimate of drug-likeness (QED) is 0.836. The van der Waals surface area contributed by atoms with Crippen molar-refractivity contribution < 1.29 is 9.53 Å². The fraction of sp³-hybridized carbons (Fsp3) is 0.476. The topological polar surface area (TPSA) is 58.6 Å². The number of likely N-dealkylation sites (tertiary alicyclic amines) is 1. The molecule has 1 aromatic heterocycles. The number of fused-ring (bicyclic) bond motifs is 2. The van der Waals surface area contributed by atoms with Crippen LogP contribution < -0.4 is 4.74 Å². The van der Waals surface area contributed by atoms with Crippen molar-refractivity contribution in [3.63, 3.8) is 0 Å². The molecule has 140 valence electrons. The molecule has 3 atom stereocenters. The van der Waals surface area contributed by atoms with E-state index in [1.165, 1.54) is 18.4 Å². The van der Waals surface area contributed by atoms with E-state index in [-0.39, 0.29) is 11.9 Å². The van der Waals surface area contributed by atoms with E-state index in [1.807, 2.05) is 12.1 Å². The minimum Gasteiger partial charge on any atom is -0.497 e. The molecule has 2 aromatic rings. The number of ether oxygens (including phenoxy) is 1. The molecular formula is C21H24N4O2. The number of piperidine rings is 3. The Balaban J connectivity index is 1.53. The normalized spacial score (nSPS) is 31.6. The van der Waals surface area contributed by atoms with Gasteiger partial charge in [0.25, 0.3) is 5.91 Å². The molecule has 4 fully saturated rings. The Labute approximate surface area is 159 Å². The lowest BCUT2D eigenvalue weighted by atomic mass is 9.75. The Morgan fingerprint density at radius 1 is 1.19 bits per heavy atom. The minimum absolute atomic E-state index is 0.0113. The van der Waals surface area contributed by atoms with Crippen molar-refractivity contribution in [3.05, 3.63) is 54.1 Å². The molecule has 5 heterocycles. The standard InChI is InChI=1S/C21H24N4O2/c1-27-16-4-2-3-15(11-16)17-13-25(21(26)18-12-22-7-8-23-18)19-14-5-9-24(10-6-14)20(17)19/h2-4,7-8,11-12,14,17,19-20H,5-6,9-10,13H2,1H3/t17-,19-,20-/m0/s1. The van der Waals surface area contributed by atoms with E-state index >= 15 is 0 Å². The van der Waals surface area contributed by atoms with Crippen molar-refractivity contribution in [1.29, 1.82) is 0 Å². The van der Waals surface area contributed by atoms with Crippen LogP contribution in [0.3, 0.4) is 0 Å². The van der Waals surface area contributed by atoms with Gasteiger partial charge < -0.3 is 9.64 Å². The highest BCUT2D eigenvalue weighted by atomic mass is 16.5. The molecule has 4 saturated heterocycles. The average Bonchev–Trinajstić information content (AvgIpc) is 3.18. The van der Waals surface area contributed by atoms with Crippen LogP contribution in [0.25, 0.3) is 0 Å². The predicted octanol–water partition coefficient (Wildman–Crippen LogP) is 2.19. The fourth-order valence-electron chi connectivity index (χ4n) is 5.38. The first-order chi connectivity index (χ1) is 13.3. The SMILES string of the molecule is COc1cccc([C@@H]2CN(C(=O)c3cnccn3)[C@H]3C4CCN(CC4)[C@@H]23)c1. The van der Waals surface area contributed by atoms with Gasteiger partial charge in [0, 0.05) is 30.9 Å². The maximum atomic E-state index is 13.3. The van der Waals surface area contributed by atoms with Crippen molar-refractivity contribution in [2.24, 2.45) is 5.92 Å². The summed E-state index contributed by atoms with van der Waals surface area (Å²) in [6.07, 6.45) is 7.14. The van der Waals surface area contributed by atoms with Gasteiger partial charge in [0.1, 0.15) is 11.4 Å². The molecule has 1 aromatic carbocycles. The summed E-state index contributed by atoms with van der Waals surface area (Å²) in [5.41, 5.74) is 1.70.